The Balaban J connectivity index is 1.97. The minimum Gasteiger partial charge on any atom is -0.493 e. The molecule has 1 amide bonds. The quantitative estimate of drug-likeness (QED) is 0.588. The highest BCUT2D eigenvalue weighted by Crippen LogP contribution is 2.36. The van der Waals surface area contributed by atoms with Crippen LogP contribution >= 0.6 is 0 Å². The van der Waals surface area contributed by atoms with Crippen molar-refractivity contribution in [3.8, 4) is 11.5 Å². The number of amides is 1. The Morgan fingerprint density at radius 1 is 1.22 bits per heavy atom. The average molecular weight is 378 g/mol. The topological polar surface area (TPSA) is 81.9 Å². The maximum atomic E-state index is 12.9. The first kappa shape index (κ1) is 18.6. The molecule has 27 heavy (non-hydrogen) atoms. The molecule has 0 fully saturated rings. The molecule has 142 valence electrons. The van der Waals surface area contributed by atoms with Crippen LogP contribution in [0.25, 0.3) is 0 Å². The van der Waals surface area contributed by atoms with Gasteiger partial charge in [0.1, 0.15) is 5.56 Å². The van der Waals surface area contributed by atoms with E-state index in [0.717, 1.165) is 23.3 Å². The number of nitro groups is 1. The lowest BCUT2D eigenvalue weighted by molar-refractivity contribution is -0.385. The molecule has 0 radical (unpaired) electrons. The molecule has 0 atom stereocenters. The van der Waals surface area contributed by atoms with E-state index in [-0.39, 0.29) is 11.3 Å². The van der Waals surface area contributed by atoms with Crippen molar-refractivity contribution in [1.82, 2.24) is 4.90 Å². The van der Waals surface area contributed by atoms with E-state index in [2.05, 4.69) is 4.74 Å². The Kier molecular flexibility index (Phi) is 5.20. The van der Waals surface area contributed by atoms with Crippen molar-refractivity contribution in [2.75, 3.05) is 13.7 Å². The van der Waals surface area contributed by atoms with Gasteiger partial charge < -0.3 is 14.4 Å². The van der Waals surface area contributed by atoms with E-state index in [9.17, 15) is 23.7 Å². The number of nitro benzene ring substituents is 1. The number of ether oxygens (including phenoxy) is 2. The molecule has 0 aromatic heterocycles. The standard InChI is InChI=1S/C18H16F2N2O5/c1-26-15-8-13(14(22(24)25)9-16(15)27-18(19)20)17(23)21-7-6-11-4-2-3-5-12(11)10-21/h2-5,8-9,18H,6-7,10H2,1H3. The van der Waals surface area contributed by atoms with E-state index >= 15 is 0 Å². The molecule has 0 bridgehead atoms. The molecule has 0 saturated heterocycles. The summed E-state index contributed by atoms with van der Waals surface area (Å²) in [7, 11) is 1.20. The Labute approximate surface area is 153 Å². The van der Waals surface area contributed by atoms with Gasteiger partial charge in [0.05, 0.1) is 18.1 Å². The van der Waals surface area contributed by atoms with E-state index in [0.29, 0.717) is 19.5 Å². The largest absolute Gasteiger partial charge is 0.493 e. The summed E-state index contributed by atoms with van der Waals surface area (Å²) in [5.41, 5.74) is 1.23. The molecule has 0 aliphatic carbocycles. The van der Waals surface area contributed by atoms with Gasteiger partial charge in [0, 0.05) is 19.2 Å². The zero-order valence-corrected chi connectivity index (χ0v) is 14.4. The Bertz CT molecular complexity index is 888. The van der Waals surface area contributed by atoms with Gasteiger partial charge in [-0.15, -0.1) is 0 Å². The van der Waals surface area contributed by atoms with Crippen LogP contribution in [0, 0.1) is 10.1 Å². The van der Waals surface area contributed by atoms with Gasteiger partial charge in [-0.05, 0) is 17.5 Å². The first-order chi connectivity index (χ1) is 12.9. The monoisotopic (exact) mass is 378 g/mol. The van der Waals surface area contributed by atoms with E-state index in [1.165, 1.54) is 12.0 Å². The third kappa shape index (κ3) is 3.81. The van der Waals surface area contributed by atoms with Gasteiger partial charge in [0.25, 0.3) is 11.6 Å². The van der Waals surface area contributed by atoms with Gasteiger partial charge in [-0.2, -0.15) is 8.78 Å². The summed E-state index contributed by atoms with van der Waals surface area (Å²) in [6.07, 6.45) is 0.624. The molecular weight excluding hydrogens is 362 g/mol. The molecule has 1 aliphatic heterocycles. The number of carbonyl (C=O) groups is 1. The molecule has 9 heteroatoms. The number of rotatable bonds is 5. The predicted molar refractivity (Wildman–Crippen MR) is 91.2 cm³/mol. The van der Waals surface area contributed by atoms with Crippen molar-refractivity contribution in [1.29, 1.82) is 0 Å². The van der Waals surface area contributed by atoms with Gasteiger partial charge in [0.2, 0.25) is 0 Å². The zero-order chi connectivity index (χ0) is 19.6. The zero-order valence-electron chi connectivity index (χ0n) is 14.4. The van der Waals surface area contributed by atoms with Crippen LogP contribution in [0.15, 0.2) is 36.4 Å². The first-order valence-electron chi connectivity index (χ1n) is 8.08. The highest BCUT2D eigenvalue weighted by molar-refractivity contribution is 5.99. The second-order valence-corrected chi connectivity index (χ2v) is 5.90. The number of fused-ring (bicyclic) bond motifs is 1. The number of hydrogen-bond acceptors (Lipinski definition) is 5. The van der Waals surface area contributed by atoms with Crippen LogP contribution in [0.3, 0.4) is 0 Å². The van der Waals surface area contributed by atoms with Crippen molar-refractivity contribution in [2.24, 2.45) is 0 Å². The minimum absolute atomic E-state index is 0.179. The van der Waals surface area contributed by atoms with Crippen molar-refractivity contribution >= 4 is 11.6 Å². The van der Waals surface area contributed by atoms with Crippen molar-refractivity contribution in [3.05, 3.63) is 63.2 Å². The summed E-state index contributed by atoms with van der Waals surface area (Å²) in [5.74, 6) is -1.25. The number of methoxy groups -OCH3 is 1. The van der Waals surface area contributed by atoms with E-state index in [1.807, 2.05) is 24.3 Å². The average Bonchev–Trinajstić information content (AvgIpc) is 2.66. The highest BCUT2D eigenvalue weighted by Gasteiger charge is 2.30. The fourth-order valence-corrected chi connectivity index (χ4v) is 3.06. The predicted octanol–water partition coefficient (Wildman–Crippen LogP) is 3.40. The fourth-order valence-electron chi connectivity index (χ4n) is 3.06. The van der Waals surface area contributed by atoms with E-state index < -0.39 is 28.9 Å². The SMILES string of the molecule is COc1cc(C(=O)N2CCc3ccccc3C2)c([N+](=O)[O-])cc1OC(F)F. The van der Waals surface area contributed by atoms with Gasteiger partial charge in [-0.1, -0.05) is 24.3 Å². The second-order valence-electron chi connectivity index (χ2n) is 5.90. The molecule has 2 aromatic carbocycles. The number of carbonyl (C=O) groups excluding carboxylic acids is 1. The number of benzene rings is 2. The van der Waals surface area contributed by atoms with Gasteiger partial charge in [0.15, 0.2) is 11.5 Å². The molecule has 1 heterocycles. The molecule has 3 rings (SSSR count). The fraction of sp³-hybridized carbons (Fsp3) is 0.278. The van der Waals surface area contributed by atoms with Crippen molar-refractivity contribution in [2.45, 2.75) is 19.6 Å². The van der Waals surface area contributed by atoms with Crippen LogP contribution in [-0.2, 0) is 13.0 Å². The lowest BCUT2D eigenvalue weighted by Gasteiger charge is -2.29. The molecule has 0 unspecified atom stereocenters. The van der Waals surface area contributed by atoms with E-state index in [4.69, 9.17) is 4.74 Å². The second kappa shape index (κ2) is 7.56. The van der Waals surface area contributed by atoms with E-state index in [1.54, 1.807) is 0 Å². The summed E-state index contributed by atoms with van der Waals surface area (Å²) in [5, 5.41) is 11.4. The Morgan fingerprint density at radius 3 is 2.56 bits per heavy atom. The van der Waals surface area contributed by atoms with Gasteiger partial charge in [-0.25, -0.2) is 0 Å². The van der Waals surface area contributed by atoms with Crippen molar-refractivity contribution < 1.29 is 28.0 Å². The molecule has 2 aromatic rings. The number of halogens is 2. The summed E-state index contributed by atoms with van der Waals surface area (Å²) in [4.78, 5) is 25.0. The number of nitrogens with zero attached hydrogens (tertiary/aromatic N) is 2. The summed E-state index contributed by atoms with van der Waals surface area (Å²) < 4.78 is 34.3. The number of alkyl halides is 2. The van der Waals surface area contributed by atoms with Crippen LogP contribution in [0.4, 0.5) is 14.5 Å². The van der Waals surface area contributed by atoms with Crippen LogP contribution in [-0.4, -0.2) is 36.0 Å². The van der Waals surface area contributed by atoms with Crippen molar-refractivity contribution in [3.63, 3.8) is 0 Å². The molecule has 0 spiro atoms. The maximum Gasteiger partial charge on any atom is 0.387 e. The highest BCUT2D eigenvalue weighted by atomic mass is 19.3. The van der Waals surface area contributed by atoms with Crippen LogP contribution in [0.1, 0.15) is 21.5 Å². The maximum absolute atomic E-state index is 12.9. The number of hydrogen-bond donors (Lipinski definition) is 0. The van der Waals surface area contributed by atoms with Crippen LogP contribution < -0.4 is 9.47 Å². The molecule has 0 N–H and O–H groups in total. The Hall–Kier alpha value is -3.23. The molecular formula is C18H16F2N2O5. The lowest BCUT2D eigenvalue weighted by Crippen LogP contribution is -2.36. The summed E-state index contributed by atoms with van der Waals surface area (Å²) in [6.45, 7) is -2.48. The third-order valence-corrected chi connectivity index (χ3v) is 4.34. The van der Waals surface area contributed by atoms with Crippen LogP contribution in [0.2, 0.25) is 0 Å². The smallest absolute Gasteiger partial charge is 0.387 e. The van der Waals surface area contributed by atoms with Gasteiger partial charge in [-0.3, -0.25) is 14.9 Å². The van der Waals surface area contributed by atoms with Crippen LogP contribution in [0.5, 0.6) is 11.5 Å². The summed E-state index contributed by atoms with van der Waals surface area (Å²) >= 11 is 0. The molecule has 0 saturated carbocycles. The molecule has 7 nitrogen and oxygen atoms in total. The summed E-state index contributed by atoms with van der Waals surface area (Å²) in [6, 6.07) is 9.49. The lowest BCUT2D eigenvalue weighted by atomic mass is 9.99. The normalized spacial score (nSPS) is 13.3. The Morgan fingerprint density at radius 2 is 1.93 bits per heavy atom. The first-order valence-corrected chi connectivity index (χ1v) is 8.08. The molecule has 1 aliphatic rings. The third-order valence-electron chi connectivity index (χ3n) is 4.34. The minimum atomic E-state index is -3.18. The van der Waals surface area contributed by atoms with Gasteiger partial charge >= 0.3 is 6.61 Å².